The third kappa shape index (κ3) is 2.62. The van der Waals surface area contributed by atoms with Gasteiger partial charge in [0.25, 0.3) is 0 Å². The molecule has 4 heteroatoms. The zero-order valence-corrected chi connectivity index (χ0v) is 11.6. The van der Waals surface area contributed by atoms with E-state index in [1.807, 2.05) is 0 Å². The van der Waals surface area contributed by atoms with E-state index < -0.39 is 17.5 Å². The highest BCUT2D eigenvalue weighted by Gasteiger charge is 2.39. The molecular formula is C15H18O4. The maximum atomic E-state index is 12.2. The number of methoxy groups -OCH3 is 1. The Kier molecular flexibility index (Phi) is 3.35. The van der Waals surface area contributed by atoms with Crippen molar-refractivity contribution in [1.29, 1.82) is 0 Å². The van der Waals surface area contributed by atoms with Crippen molar-refractivity contribution >= 4 is 11.8 Å². The minimum absolute atomic E-state index is 0.178. The number of Topliss-reactive ketones (excluding diaryl/α,β-unsaturated/α-hetero) is 1. The SMILES string of the molecule is COc1cccc2c1CC(C(=O)OC(C)(C)C)C2=O. The number of benzene rings is 1. The highest BCUT2D eigenvalue weighted by Crippen LogP contribution is 2.34. The van der Waals surface area contributed by atoms with Gasteiger partial charge in [-0.1, -0.05) is 12.1 Å². The first-order valence-corrected chi connectivity index (χ1v) is 6.26. The second kappa shape index (κ2) is 4.68. The van der Waals surface area contributed by atoms with E-state index in [-0.39, 0.29) is 5.78 Å². The summed E-state index contributed by atoms with van der Waals surface area (Å²) in [6, 6.07) is 5.28. The Balaban J connectivity index is 2.26. The largest absolute Gasteiger partial charge is 0.496 e. The Morgan fingerprint density at radius 3 is 2.58 bits per heavy atom. The second-order valence-corrected chi connectivity index (χ2v) is 5.64. The maximum Gasteiger partial charge on any atom is 0.317 e. The van der Waals surface area contributed by atoms with Crippen LogP contribution in [0.5, 0.6) is 5.75 Å². The van der Waals surface area contributed by atoms with E-state index in [9.17, 15) is 9.59 Å². The fraction of sp³-hybridized carbons (Fsp3) is 0.467. The van der Waals surface area contributed by atoms with Crippen LogP contribution in [0, 0.1) is 5.92 Å². The summed E-state index contributed by atoms with van der Waals surface area (Å²) >= 11 is 0. The van der Waals surface area contributed by atoms with Gasteiger partial charge >= 0.3 is 5.97 Å². The lowest BCUT2D eigenvalue weighted by atomic mass is 10.1. The third-order valence-electron chi connectivity index (χ3n) is 3.03. The van der Waals surface area contributed by atoms with Crippen molar-refractivity contribution in [2.45, 2.75) is 32.8 Å². The highest BCUT2D eigenvalue weighted by atomic mass is 16.6. The normalized spacial score (nSPS) is 18.1. The van der Waals surface area contributed by atoms with Crippen LogP contribution in [0.25, 0.3) is 0 Å². The Labute approximate surface area is 112 Å². The molecule has 0 saturated carbocycles. The molecular weight excluding hydrogens is 244 g/mol. The number of ketones is 1. The number of rotatable bonds is 2. The monoisotopic (exact) mass is 262 g/mol. The fourth-order valence-electron chi connectivity index (χ4n) is 2.25. The summed E-state index contributed by atoms with van der Waals surface area (Å²) in [7, 11) is 1.56. The molecule has 0 N–H and O–H groups in total. The van der Waals surface area contributed by atoms with Crippen LogP contribution >= 0.6 is 0 Å². The van der Waals surface area contributed by atoms with Crippen LogP contribution in [0.1, 0.15) is 36.7 Å². The molecule has 0 fully saturated rings. The van der Waals surface area contributed by atoms with Gasteiger partial charge in [-0.3, -0.25) is 9.59 Å². The first-order valence-electron chi connectivity index (χ1n) is 6.26. The molecule has 2 rings (SSSR count). The van der Waals surface area contributed by atoms with Crippen molar-refractivity contribution < 1.29 is 19.1 Å². The van der Waals surface area contributed by atoms with Crippen molar-refractivity contribution in [3.05, 3.63) is 29.3 Å². The van der Waals surface area contributed by atoms with Crippen LogP contribution in [0.3, 0.4) is 0 Å². The predicted molar refractivity (Wildman–Crippen MR) is 70.4 cm³/mol. The summed E-state index contributed by atoms with van der Waals surface area (Å²) in [5.41, 5.74) is 0.775. The number of esters is 1. The molecule has 0 radical (unpaired) electrons. The Morgan fingerprint density at radius 1 is 1.32 bits per heavy atom. The number of fused-ring (bicyclic) bond motifs is 1. The van der Waals surface area contributed by atoms with Gasteiger partial charge in [0.2, 0.25) is 0 Å². The van der Waals surface area contributed by atoms with Crippen LogP contribution in [-0.4, -0.2) is 24.5 Å². The molecule has 0 amide bonds. The van der Waals surface area contributed by atoms with Crippen LogP contribution in [0.2, 0.25) is 0 Å². The lowest BCUT2D eigenvalue weighted by molar-refractivity contribution is -0.157. The van der Waals surface area contributed by atoms with Gasteiger partial charge in [-0.2, -0.15) is 0 Å². The zero-order valence-electron chi connectivity index (χ0n) is 11.6. The standard InChI is InChI=1S/C15H18O4/c1-15(2,3)19-14(17)11-8-10-9(13(11)16)6-5-7-12(10)18-4/h5-7,11H,8H2,1-4H3. The minimum Gasteiger partial charge on any atom is -0.496 e. The fourth-order valence-corrected chi connectivity index (χ4v) is 2.25. The first-order chi connectivity index (χ1) is 8.83. The van der Waals surface area contributed by atoms with Crippen molar-refractivity contribution in [3.63, 3.8) is 0 Å². The number of carbonyl (C=O) groups is 2. The van der Waals surface area contributed by atoms with Crippen LogP contribution in [0.15, 0.2) is 18.2 Å². The summed E-state index contributed by atoms with van der Waals surface area (Å²) in [5, 5.41) is 0. The molecule has 0 heterocycles. The van der Waals surface area contributed by atoms with Crippen molar-refractivity contribution in [1.82, 2.24) is 0 Å². The van der Waals surface area contributed by atoms with E-state index in [1.165, 1.54) is 0 Å². The Morgan fingerprint density at radius 2 is 2.00 bits per heavy atom. The smallest absolute Gasteiger partial charge is 0.317 e. The van der Waals surface area contributed by atoms with E-state index in [4.69, 9.17) is 9.47 Å². The van der Waals surface area contributed by atoms with Gasteiger partial charge < -0.3 is 9.47 Å². The van der Waals surface area contributed by atoms with E-state index >= 15 is 0 Å². The summed E-state index contributed by atoms with van der Waals surface area (Å²) < 4.78 is 10.5. The van der Waals surface area contributed by atoms with Gasteiger partial charge in [0, 0.05) is 11.1 Å². The lowest BCUT2D eigenvalue weighted by Crippen LogP contribution is -2.31. The van der Waals surface area contributed by atoms with Crippen molar-refractivity contribution in [3.8, 4) is 5.75 Å². The van der Waals surface area contributed by atoms with E-state index in [0.29, 0.717) is 17.7 Å². The van der Waals surface area contributed by atoms with E-state index in [0.717, 1.165) is 5.56 Å². The number of ether oxygens (including phenoxy) is 2. The summed E-state index contributed by atoms with van der Waals surface area (Å²) in [6.45, 7) is 5.37. The van der Waals surface area contributed by atoms with Crippen LogP contribution < -0.4 is 4.74 Å². The third-order valence-corrected chi connectivity index (χ3v) is 3.03. The van der Waals surface area contributed by atoms with Gasteiger partial charge in [0.1, 0.15) is 17.3 Å². The second-order valence-electron chi connectivity index (χ2n) is 5.64. The molecule has 102 valence electrons. The van der Waals surface area contributed by atoms with Gasteiger partial charge in [0.05, 0.1) is 7.11 Å². The number of carbonyl (C=O) groups excluding carboxylic acids is 2. The Bertz CT molecular complexity index is 525. The zero-order chi connectivity index (χ0) is 14.2. The molecule has 1 unspecified atom stereocenters. The minimum atomic E-state index is -0.745. The molecule has 0 aliphatic heterocycles. The summed E-state index contributed by atoms with van der Waals surface area (Å²) in [6.07, 6.45) is 0.354. The molecule has 1 aliphatic rings. The molecule has 1 aliphatic carbocycles. The lowest BCUT2D eigenvalue weighted by Gasteiger charge is -2.21. The molecule has 1 atom stereocenters. The predicted octanol–water partition coefficient (Wildman–Crippen LogP) is 2.39. The van der Waals surface area contributed by atoms with Gasteiger partial charge in [0.15, 0.2) is 5.78 Å². The van der Waals surface area contributed by atoms with Gasteiger partial charge in [-0.25, -0.2) is 0 Å². The Hall–Kier alpha value is -1.84. The average Bonchev–Trinajstić information content (AvgIpc) is 2.65. The maximum absolute atomic E-state index is 12.2. The molecule has 19 heavy (non-hydrogen) atoms. The topological polar surface area (TPSA) is 52.6 Å². The van der Waals surface area contributed by atoms with Crippen LogP contribution in [0.4, 0.5) is 0 Å². The molecule has 0 bridgehead atoms. The molecule has 1 aromatic rings. The van der Waals surface area contributed by atoms with E-state index in [2.05, 4.69) is 0 Å². The van der Waals surface area contributed by atoms with Crippen LogP contribution in [-0.2, 0) is 16.0 Å². The summed E-state index contributed by atoms with van der Waals surface area (Å²) in [5.74, 6) is -0.735. The molecule has 1 aromatic carbocycles. The average molecular weight is 262 g/mol. The summed E-state index contributed by atoms with van der Waals surface area (Å²) in [4.78, 5) is 24.3. The number of hydrogen-bond donors (Lipinski definition) is 0. The quantitative estimate of drug-likeness (QED) is 0.606. The molecule has 4 nitrogen and oxygen atoms in total. The van der Waals surface area contributed by atoms with E-state index in [1.54, 1.807) is 46.1 Å². The molecule has 0 spiro atoms. The molecule has 0 saturated heterocycles. The van der Waals surface area contributed by atoms with Gasteiger partial charge in [-0.05, 0) is 33.3 Å². The number of hydrogen-bond acceptors (Lipinski definition) is 4. The van der Waals surface area contributed by atoms with Gasteiger partial charge in [-0.15, -0.1) is 0 Å². The highest BCUT2D eigenvalue weighted by molar-refractivity contribution is 6.12. The first kappa shape index (κ1) is 13.6. The van der Waals surface area contributed by atoms with Crippen molar-refractivity contribution in [2.24, 2.45) is 5.92 Å². The van der Waals surface area contributed by atoms with Crippen molar-refractivity contribution in [2.75, 3.05) is 7.11 Å². The molecule has 0 aromatic heterocycles.